The molecule has 0 bridgehead atoms. The van der Waals surface area contributed by atoms with Crippen molar-refractivity contribution in [3.05, 3.63) is 11.6 Å². The summed E-state index contributed by atoms with van der Waals surface area (Å²) < 4.78 is 12.9. The summed E-state index contributed by atoms with van der Waals surface area (Å²) in [6.07, 6.45) is 3.40. The number of methoxy groups -OCH3 is 1. The SMILES string of the molecule is CCOC1CCN(C(=NCc2nnc(C)n2C)NCCCOC)CC1.I. The normalized spacial score (nSPS) is 15.8. The van der Waals surface area contributed by atoms with Crippen LogP contribution in [0.5, 0.6) is 0 Å². The summed E-state index contributed by atoms with van der Waals surface area (Å²) in [5, 5.41) is 11.8. The number of hydrogen-bond donors (Lipinski definition) is 1. The number of piperidine rings is 1. The van der Waals surface area contributed by atoms with Crippen molar-refractivity contribution in [3.63, 3.8) is 0 Å². The van der Waals surface area contributed by atoms with E-state index in [1.54, 1.807) is 7.11 Å². The predicted octanol–water partition coefficient (Wildman–Crippen LogP) is 1.72. The fraction of sp³-hybridized carbons (Fsp3) is 0.824. The minimum atomic E-state index is 0. The van der Waals surface area contributed by atoms with E-state index < -0.39 is 0 Å². The van der Waals surface area contributed by atoms with Crippen LogP contribution < -0.4 is 5.32 Å². The van der Waals surface area contributed by atoms with Gasteiger partial charge in [-0.3, -0.25) is 0 Å². The van der Waals surface area contributed by atoms with Crippen LogP contribution in [0.1, 0.15) is 37.8 Å². The van der Waals surface area contributed by atoms with E-state index in [9.17, 15) is 0 Å². The number of aryl methyl sites for hydroxylation is 1. The second-order valence-electron chi connectivity index (χ2n) is 6.28. The maximum atomic E-state index is 5.75. The van der Waals surface area contributed by atoms with Crippen molar-refractivity contribution in [2.24, 2.45) is 12.0 Å². The van der Waals surface area contributed by atoms with Crippen LogP contribution >= 0.6 is 24.0 Å². The highest BCUT2D eigenvalue weighted by Crippen LogP contribution is 2.14. The Morgan fingerprint density at radius 1 is 1.31 bits per heavy atom. The Kier molecular flexibility index (Phi) is 11.1. The predicted molar refractivity (Wildman–Crippen MR) is 113 cm³/mol. The molecule has 1 saturated heterocycles. The minimum absolute atomic E-state index is 0. The monoisotopic (exact) mass is 480 g/mol. The maximum Gasteiger partial charge on any atom is 0.194 e. The zero-order chi connectivity index (χ0) is 18.1. The van der Waals surface area contributed by atoms with Gasteiger partial charge in [-0.15, -0.1) is 34.2 Å². The van der Waals surface area contributed by atoms with Crippen LogP contribution in [0.4, 0.5) is 0 Å². The third-order valence-corrected chi connectivity index (χ3v) is 4.51. The number of halogens is 1. The van der Waals surface area contributed by atoms with Crippen molar-refractivity contribution < 1.29 is 9.47 Å². The van der Waals surface area contributed by atoms with Gasteiger partial charge in [-0.05, 0) is 33.1 Å². The van der Waals surface area contributed by atoms with Crippen LogP contribution in [-0.2, 0) is 23.1 Å². The second-order valence-corrected chi connectivity index (χ2v) is 6.28. The molecule has 0 spiro atoms. The zero-order valence-corrected chi connectivity index (χ0v) is 18.7. The standard InChI is InChI=1S/C17H32N6O2.HI/c1-5-25-15-7-10-23(11-8-15)17(18-9-6-12-24-4)19-13-16-21-20-14(2)22(16)3;/h15H,5-13H2,1-4H3,(H,18,19);1H. The summed E-state index contributed by atoms with van der Waals surface area (Å²) in [6.45, 7) is 8.81. The topological polar surface area (TPSA) is 76.8 Å². The van der Waals surface area contributed by atoms with Crippen molar-refractivity contribution in [2.75, 3.05) is 40.0 Å². The highest BCUT2D eigenvalue weighted by atomic mass is 127. The van der Waals surface area contributed by atoms with E-state index in [0.29, 0.717) is 12.6 Å². The summed E-state index contributed by atoms with van der Waals surface area (Å²) in [7, 11) is 3.70. The molecule has 0 unspecified atom stereocenters. The van der Waals surface area contributed by atoms with Gasteiger partial charge in [0.2, 0.25) is 0 Å². The number of rotatable bonds is 8. The third-order valence-electron chi connectivity index (χ3n) is 4.51. The molecule has 1 aromatic heterocycles. The molecule has 1 fully saturated rings. The van der Waals surface area contributed by atoms with E-state index in [1.807, 2.05) is 18.5 Å². The first-order valence-electron chi connectivity index (χ1n) is 9.14. The van der Waals surface area contributed by atoms with Gasteiger partial charge in [0.25, 0.3) is 0 Å². The lowest BCUT2D eigenvalue weighted by Crippen LogP contribution is -2.47. The Morgan fingerprint density at radius 3 is 2.62 bits per heavy atom. The lowest BCUT2D eigenvalue weighted by molar-refractivity contribution is 0.0263. The molecule has 26 heavy (non-hydrogen) atoms. The van der Waals surface area contributed by atoms with E-state index in [-0.39, 0.29) is 24.0 Å². The third kappa shape index (κ3) is 6.99. The smallest absolute Gasteiger partial charge is 0.194 e. The molecular weight excluding hydrogens is 447 g/mol. The van der Waals surface area contributed by atoms with Crippen molar-refractivity contribution in [2.45, 2.75) is 45.8 Å². The number of nitrogens with zero attached hydrogens (tertiary/aromatic N) is 5. The summed E-state index contributed by atoms with van der Waals surface area (Å²) in [5.41, 5.74) is 0. The number of aromatic nitrogens is 3. The largest absolute Gasteiger partial charge is 0.385 e. The molecule has 0 aromatic carbocycles. The van der Waals surface area contributed by atoms with Gasteiger partial charge in [0.05, 0.1) is 6.10 Å². The molecular formula is C17H33IN6O2. The molecule has 0 saturated carbocycles. The number of aliphatic imine (C=N–C) groups is 1. The fourth-order valence-electron chi connectivity index (χ4n) is 2.89. The quantitative estimate of drug-likeness (QED) is 0.264. The number of hydrogen-bond acceptors (Lipinski definition) is 5. The number of nitrogens with one attached hydrogen (secondary N) is 1. The van der Waals surface area contributed by atoms with E-state index in [2.05, 4.69) is 27.3 Å². The fourth-order valence-corrected chi connectivity index (χ4v) is 2.89. The summed E-state index contributed by atoms with van der Waals surface area (Å²) >= 11 is 0. The number of likely N-dealkylation sites (tertiary alicyclic amines) is 1. The average molecular weight is 480 g/mol. The molecule has 150 valence electrons. The van der Waals surface area contributed by atoms with Gasteiger partial charge in [0.15, 0.2) is 11.8 Å². The lowest BCUT2D eigenvalue weighted by Gasteiger charge is -2.34. The van der Waals surface area contributed by atoms with E-state index in [4.69, 9.17) is 14.5 Å². The van der Waals surface area contributed by atoms with E-state index in [1.165, 1.54) is 0 Å². The molecule has 1 aromatic rings. The molecule has 0 atom stereocenters. The van der Waals surface area contributed by atoms with E-state index in [0.717, 1.165) is 69.7 Å². The Bertz CT molecular complexity index is 543. The van der Waals surface area contributed by atoms with Gasteiger partial charge < -0.3 is 24.3 Å². The molecule has 2 heterocycles. The van der Waals surface area contributed by atoms with Gasteiger partial charge in [-0.2, -0.15) is 0 Å². The summed E-state index contributed by atoms with van der Waals surface area (Å²) in [6, 6.07) is 0. The Morgan fingerprint density at radius 2 is 2.04 bits per heavy atom. The molecule has 9 heteroatoms. The van der Waals surface area contributed by atoms with Gasteiger partial charge in [-0.1, -0.05) is 0 Å². The van der Waals surface area contributed by atoms with Gasteiger partial charge in [0.1, 0.15) is 12.4 Å². The highest BCUT2D eigenvalue weighted by Gasteiger charge is 2.21. The highest BCUT2D eigenvalue weighted by molar-refractivity contribution is 14.0. The first-order chi connectivity index (χ1) is 12.2. The first-order valence-corrected chi connectivity index (χ1v) is 9.14. The summed E-state index contributed by atoms with van der Waals surface area (Å²) in [4.78, 5) is 7.10. The van der Waals surface area contributed by atoms with Gasteiger partial charge in [0, 0.05) is 47.0 Å². The Balaban J connectivity index is 0.00000338. The average Bonchev–Trinajstić information content (AvgIpc) is 2.94. The zero-order valence-electron chi connectivity index (χ0n) is 16.4. The molecule has 1 aliphatic rings. The van der Waals surface area contributed by atoms with Crippen LogP contribution in [-0.4, -0.2) is 71.7 Å². The van der Waals surface area contributed by atoms with E-state index >= 15 is 0 Å². The van der Waals surface area contributed by atoms with Crippen LogP contribution in [0.3, 0.4) is 0 Å². The molecule has 0 amide bonds. The van der Waals surface area contributed by atoms with Crippen molar-refractivity contribution in [1.29, 1.82) is 0 Å². The lowest BCUT2D eigenvalue weighted by atomic mass is 10.1. The molecule has 0 aliphatic carbocycles. The molecule has 1 N–H and O–H groups in total. The van der Waals surface area contributed by atoms with Crippen molar-refractivity contribution >= 4 is 29.9 Å². The van der Waals surface area contributed by atoms with Gasteiger partial charge in [-0.25, -0.2) is 4.99 Å². The molecule has 1 aliphatic heterocycles. The summed E-state index contributed by atoms with van der Waals surface area (Å²) in [5.74, 6) is 2.71. The Hall–Kier alpha value is -0.940. The first kappa shape index (κ1) is 23.1. The number of guanidine groups is 1. The van der Waals surface area contributed by atoms with Crippen LogP contribution in [0.25, 0.3) is 0 Å². The van der Waals surface area contributed by atoms with Crippen LogP contribution in [0.15, 0.2) is 4.99 Å². The number of ether oxygens (including phenoxy) is 2. The van der Waals surface area contributed by atoms with Crippen molar-refractivity contribution in [3.8, 4) is 0 Å². The van der Waals surface area contributed by atoms with Crippen LogP contribution in [0, 0.1) is 6.92 Å². The molecule has 2 rings (SSSR count). The van der Waals surface area contributed by atoms with Crippen LogP contribution in [0.2, 0.25) is 0 Å². The second kappa shape index (κ2) is 12.4. The minimum Gasteiger partial charge on any atom is -0.385 e. The molecule has 0 radical (unpaired) electrons. The molecule has 8 nitrogen and oxygen atoms in total. The van der Waals surface area contributed by atoms with Crippen molar-refractivity contribution in [1.82, 2.24) is 25.0 Å². The van der Waals surface area contributed by atoms with Gasteiger partial charge >= 0.3 is 0 Å². The maximum absolute atomic E-state index is 5.75. The Labute approximate surface area is 173 Å².